The van der Waals surface area contributed by atoms with Crippen molar-refractivity contribution in [2.75, 3.05) is 34.9 Å². The summed E-state index contributed by atoms with van der Waals surface area (Å²) in [7, 11) is 6.55. The van der Waals surface area contributed by atoms with Gasteiger partial charge in [-0.05, 0) is 36.2 Å². The zero-order chi connectivity index (χ0) is 21.5. The topological polar surface area (TPSA) is 81.4 Å². The fourth-order valence-corrected chi connectivity index (χ4v) is 3.28. The molecule has 3 aromatic rings. The molecular weight excluding hydrogens is 382 g/mol. The molecule has 0 amide bonds. The monoisotopic (exact) mass is 411 g/mol. The van der Waals surface area contributed by atoms with Crippen LogP contribution in [0, 0.1) is 6.92 Å². The first-order valence-electron chi connectivity index (χ1n) is 9.76. The number of pyridine rings is 1. The van der Waals surface area contributed by atoms with Crippen LogP contribution in [-0.2, 0) is 13.0 Å². The summed E-state index contributed by atoms with van der Waals surface area (Å²) in [6.45, 7) is 3.35. The van der Waals surface area contributed by atoms with Crippen molar-refractivity contribution in [3.63, 3.8) is 0 Å². The third-order valence-electron chi connectivity index (χ3n) is 4.81. The van der Waals surface area contributed by atoms with Gasteiger partial charge in [0.2, 0.25) is 5.75 Å². The smallest absolute Gasteiger partial charge is 0.203 e. The van der Waals surface area contributed by atoms with Gasteiger partial charge in [0.05, 0.1) is 27.0 Å². The van der Waals surface area contributed by atoms with Gasteiger partial charge in [-0.1, -0.05) is 6.07 Å². The highest BCUT2D eigenvalue weighted by molar-refractivity contribution is 5.79. The van der Waals surface area contributed by atoms with Gasteiger partial charge >= 0.3 is 0 Å². The molecule has 0 fully saturated rings. The maximum atomic E-state index is 5.41. The molecule has 30 heavy (non-hydrogen) atoms. The standard InChI is InChI=1S/C22H29N5O3/c1-15-7-6-10-27-14-17(26-21(15)27)8-9-24-22(23-2)25-13-16-11-18(28-3)20(30-5)19(12-16)29-4/h6-7,10-12,14H,8-9,13H2,1-5H3,(H2,23,24,25). The van der Waals surface area contributed by atoms with Crippen molar-refractivity contribution >= 4 is 11.6 Å². The van der Waals surface area contributed by atoms with Crippen LogP contribution < -0.4 is 24.8 Å². The summed E-state index contributed by atoms with van der Waals surface area (Å²) < 4.78 is 18.3. The minimum absolute atomic E-state index is 0.559. The van der Waals surface area contributed by atoms with E-state index in [1.807, 2.05) is 24.4 Å². The molecule has 0 aliphatic carbocycles. The number of benzene rings is 1. The van der Waals surface area contributed by atoms with Crippen LogP contribution in [0.15, 0.2) is 41.7 Å². The van der Waals surface area contributed by atoms with Crippen molar-refractivity contribution in [3.8, 4) is 17.2 Å². The molecular formula is C22H29N5O3. The van der Waals surface area contributed by atoms with Crippen LogP contribution in [0.3, 0.4) is 0 Å². The van der Waals surface area contributed by atoms with Gasteiger partial charge in [0.25, 0.3) is 0 Å². The van der Waals surface area contributed by atoms with E-state index in [0.29, 0.717) is 29.8 Å². The SMILES string of the molecule is CN=C(NCCc1cn2cccc(C)c2n1)NCc1cc(OC)c(OC)c(OC)c1. The van der Waals surface area contributed by atoms with Crippen LogP contribution in [0.2, 0.25) is 0 Å². The Morgan fingerprint density at radius 1 is 1.10 bits per heavy atom. The summed E-state index contributed by atoms with van der Waals surface area (Å²) in [4.78, 5) is 9.00. The number of aliphatic imine (C=N–C) groups is 1. The van der Waals surface area contributed by atoms with E-state index in [1.54, 1.807) is 28.4 Å². The lowest BCUT2D eigenvalue weighted by molar-refractivity contribution is 0.323. The van der Waals surface area contributed by atoms with Gasteiger partial charge in [0.1, 0.15) is 5.65 Å². The minimum Gasteiger partial charge on any atom is -0.493 e. The molecule has 0 aliphatic rings. The van der Waals surface area contributed by atoms with Crippen LogP contribution in [-0.4, -0.2) is 50.3 Å². The second-order valence-corrected chi connectivity index (χ2v) is 6.79. The van der Waals surface area contributed by atoms with E-state index >= 15 is 0 Å². The maximum absolute atomic E-state index is 5.41. The molecule has 0 atom stereocenters. The molecule has 2 N–H and O–H groups in total. The minimum atomic E-state index is 0.559. The van der Waals surface area contributed by atoms with Crippen molar-refractivity contribution in [3.05, 3.63) is 53.5 Å². The summed E-state index contributed by atoms with van der Waals surface area (Å²) in [5.41, 5.74) is 4.19. The summed E-state index contributed by atoms with van der Waals surface area (Å²) in [6, 6.07) is 7.93. The van der Waals surface area contributed by atoms with E-state index in [9.17, 15) is 0 Å². The molecule has 2 heterocycles. The van der Waals surface area contributed by atoms with E-state index in [-0.39, 0.29) is 0 Å². The molecule has 160 valence electrons. The molecule has 8 nitrogen and oxygen atoms in total. The number of nitrogens with zero attached hydrogens (tertiary/aromatic N) is 3. The van der Waals surface area contributed by atoms with Crippen LogP contribution >= 0.6 is 0 Å². The lowest BCUT2D eigenvalue weighted by Gasteiger charge is -2.15. The molecule has 0 bridgehead atoms. The summed E-state index contributed by atoms with van der Waals surface area (Å²) in [5.74, 6) is 2.54. The molecule has 1 aromatic carbocycles. The largest absolute Gasteiger partial charge is 0.493 e. The third-order valence-corrected chi connectivity index (χ3v) is 4.81. The molecule has 8 heteroatoms. The average Bonchev–Trinajstić information content (AvgIpc) is 3.19. The van der Waals surface area contributed by atoms with E-state index in [4.69, 9.17) is 19.2 Å². The summed E-state index contributed by atoms with van der Waals surface area (Å²) in [6.07, 6.45) is 4.88. The van der Waals surface area contributed by atoms with E-state index in [0.717, 1.165) is 29.9 Å². The molecule has 0 aliphatic heterocycles. The van der Waals surface area contributed by atoms with Gasteiger partial charge in [-0.15, -0.1) is 0 Å². The van der Waals surface area contributed by atoms with Crippen LogP contribution in [0.1, 0.15) is 16.8 Å². The van der Waals surface area contributed by atoms with Gasteiger partial charge in [-0.2, -0.15) is 0 Å². The Kier molecular flexibility index (Phi) is 7.00. The number of rotatable bonds is 8. The molecule has 0 unspecified atom stereocenters. The number of nitrogens with one attached hydrogen (secondary N) is 2. The average molecular weight is 412 g/mol. The van der Waals surface area contributed by atoms with Crippen molar-refractivity contribution < 1.29 is 14.2 Å². The van der Waals surface area contributed by atoms with E-state index < -0.39 is 0 Å². The summed E-state index contributed by atoms with van der Waals surface area (Å²) >= 11 is 0. The summed E-state index contributed by atoms with van der Waals surface area (Å²) in [5, 5.41) is 6.64. The second-order valence-electron chi connectivity index (χ2n) is 6.79. The van der Waals surface area contributed by atoms with Crippen molar-refractivity contribution in [2.45, 2.75) is 19.9 Å². The molecule has 0 saturated carbocycles. The number of aryl methyl sites for hydroxylation is 1. The lowest BCUT2D eigenvalue weighted by Crippen LogP contribution is -2.37. The first-order chi connectivity index (χ1) is 14.6. The zero-order valence-corrected chi connectivity index (χ0v) is 18.2. The Morgan fingerprint density at radius 2 is 1.83 bits per heavy atom. The number of hydrogen-bond acceptors (Lipinski definition) is 5. The highest BCUT2D eigenvalue weighted by atomic mass is 16.5. The van der Waals surface area contributed by atoms with Gasteiger partial charge in [-0.3, -0.25) is 4.99 Å². The second kappa shape index (κ2) is 9.87. The molecule has 0 saturated heterocycles. The molecule has 0 radical (unpaired) electrons. The van der Waals surface area contributed by atoms with Gasteiger partial charge in [-0.25, -0.2) is 4.98 Å². The fourth-order valence-electron chi connectivity index (χ4n) is 3.28. The molecule has 2 aromatic heterocycles. The normalized spacial score (nSPS) is 11.4. The van der Waals surface area contributed by atoms with Gasteiger partial charge in [0.15, 0.2) is 17.5 Å². The van der Waals surface area contributed by atoms with E-state index in [1.165, 1.54) is 5.56 Å². The highest BCUT2D eigenvalue weighted by Gasteiger charge is 2.13. The van der Waals surface area contributed by atoms with Crippen LogP contribution in [0.4, 0.5) is 0 Å². The Hall–Kier alpha value is -3.42. The fraction of sp³-hybridized carbons (Fsp3) is 0.364. The van der Waals surface area contributed by atoms with E-state index in [2.05, 4.69) is 39.2 Å². The van der Waals surface area contributed by atoms with Crippen molar-refractivity contribution in [1.29, 1.82) is 0 Å². The Morgan fingerprint density at radius 3 is 2.43 bits per heavy atom. The number of methoxy groups -OCH3 is 3. The molecule has 0 spiro atoms. The van der Waals surface area contributed by atoms with Crippen molar-refractivity contribution in [1.82, 2.24) is 20.0 Å². The number of ether oxygens (including phenoxy) is 3. The third kappa shape index (κ3) is 4.76. The zero-order valence-electron chi connectivity index (χ0n) is 18.2. The Balaban J connectivity index is 1.57. The van der Waals surface area contributed by atoms with Crippen LogP contribution in [0.5, 0.6) is 17.2 Å². The van der Waals surface area contributed by atoms with Crippen molar-refractivity contribution in [2.24, 2.45) is 4.99 Å². The lowest BCUT2D eigenvalue weighted by atomic mass is 10.2. The predicted molar refractivity (Wildman–Crippen MR) is 118 cm³/mol. The van der Waals surface area contributed by atoms with Gasteiger partial charge < -0.3 is 29.2 Å². The van der Waals surface area contributed by atoms with Crippen LogP contribution in [0.25, 0.3) is 5.65 Å². The highest BCUT2D eigenvalue weighted by Crippen LogP contribution is 2.38. The Bertz CT molecular complexity index is 1000. The number of imidazole rings is 1. The number of aromatic nitrogens is 2. The Labute approximate surface area is 176 Å². The number of guanidine groups is 1. The first kappa shape index (κ1) is 21.3. The maximum Gasteiger partial charge on any atom is 0.203 e. The first-order valence-corrected chi connectivity index (χ1v) is 9.76. The molecule has 3 rings (SSSR count). The quantitative estimate of drug-likeness (QED) is 0.438. The van der Waals surface area contributed by atoms with Gasteiger partial charge in [0, 0.05) is 39.0 Å². The number of hydrogen-bond donors (Lipinski definition) is 2. The predicted octanol–water partition coefficient (Wildman–Crippen LogP) is 2.58. The number of fused-ring (bicyclic) bond motifs is 1.